The van der Waals surface area contributed by atoms with Gasteiger partial charge in [0.15, 0.2) is 0 Å². The lowest BCUT2D eigenvalue weighted by Crippen LogP contribution is -2.16. The van der Waals surface area contributed by atoms with E-state index in [-0.39, 0.29) is 35.2 Å². The van der Waals surface area contributed by atoms with Crippen LogP contribution in [0.1, 0.15) is 68.7 Å². The highest BCUT2D eigenvalue weighted by atomic mass is 16.5. The highest BCUT2D eigenvalue weighted by molar-refractivity contribution is 6.03. The number of rotatable bonds is 8. The van der Waals surface area contributed by atoms with Crippen LogP contribution in [-0.2, 0) is 16.6 Å². The van der Waals surface area contributed by atoms with Gasteiger partial charge in [-0.25, -0.2) is 4.68 Å². The van der Waals surface area contributed by atoms with Gasteiger partial charge in [0.25, 0.3) is 5.91 Å². The monoisotopic (exact) mass is 439 g/mol. The minimum absolute atomic E-state index is 0.0515. The maximum absolute atomic E-state index is 12.4. The van der Waals surface area contributed by atoms with Crippen LogP contribution in [0.2, 0.25) is 0 Å². The maximum Gasteiger partial charge on any atom is 0.254 e. The molecule has 32 heavy (non-hydrogen) atoms. The van der Waals surface area contributed by atoms with E-state index in [1.54, 1.807) is 24.4 Å². The Morgan fingerprint density at radius 2 is 2.00 bits per heavy atom. The summed E-state index contributed by atoms with van der Waals surface area (Å²) in [4.78, 5) is 28.7. The van der Waals surface area contributed by atoms with E-state index >= 15 is 0 Å². The summed E-state index contributed by atoms with van der Waals surface area (Å²) in [6.45, 7) is 9.98. The molecule has 10 heteroatoms. The number of nitrogens with one attached hydrogen (secondary N) is 1. The molecule has 0 aliphatic rings. The van der Waals surface area contributed by atoms with E-state index in [4.69, 9.17) is 16.0 Å². The van der Waals surface area contributed by atoms with Crippen molar-refractivity contribution in [3.05, 3.63) is 41.2 Å². The van der Waals surface area contributed by atoms with Crippen molar-refractivity contribution in [2.75, 3.05) is 11.1 Å². The fourth-order valence-corrected chi connectivity index (χ4v) is 3.13. The summed E-state index contributed by atoms with van der Waals surface area (Å²) < 4.78 is 6.77. The van der Waals surface area contributed by atoms with Crippen molar-refractivity contribution in [1.82, 2.24) is 19.9 Å². The molecule has 0 radical (unpaired) electrons. The molecule has 3 aromatic heterocycles. The molecule has 0 fully saturated rings. The van der Waals surface area contributed by atoms with Gasteiger partial charge in [0.2, 0.25) is 11.8 Å². The number of anilines is 2. The first-order chi connectivity index (χ1) is 15.0. The van der Waals surface area contributed by atoms with Gasteiger partial charge in [0.05, 0.1) is 17.8 Å². The lowest BCUT2D eigenvalue weighted by molar-refractivity contribution is -0.115. The minimum Gasteiger partial charge on any atom is -0.383 e. The zero-order valence-corrected chi connectivity index (χ0v) is 19.0. The number of aromatic nitrogens is 4. The molecule has 10 nitrogen and oxygen atoms in total. The number of nitrogen functional groups attached to an aromatic ring is 1. The van der Waals surface area contributed by atoms with Crippen LogP contribution in [0.5, 0.6) is 0 Å². The van der Waals surface area contributed by atoms with Crippen molar-refractivity contribution in [1.29, 1.82) is 0 Å². The first-order valence-corrected chi connectivity index (χ1v) is 10.4. The summed E-state index contributed by atoms with van der Waals surface area (Å²) >= 11 is 0. The van der Waals surface area contributed by atoms with E-state index in [9.17, 15) is 9.59 Å². The Hall–Kier alpha value is -3.69. The summed E-state index contributed by atoms with van der Waals surface area (Å²) in [5.41, 5.74) is 13.8. The number of nitrogens with two attached hydrogens (primary N) is 2. The Kier molecular flexibility index (Phi) is 6.33. The van der Waals surface area contributed by atoms with Gasteiger partial charge in [0.1, 0.15) is 17.1 Å². The van der Waals surface area contributed by atoms with Gasteiger partial charge in [-0.2, -0.15) is 5.10 Å². The number of hydrogen-bond acceptors (Lipinski definition) is 7. The molecule has 0 spiro atoms. The van der Waals surface area contributed by atoms with E-state index < -0.39 is 5.91 Å². The molecule has 0 aliphatic heterocycles. The number of amides is 2. The highest BCUT2D eigenvalue weighted by Gasteiger charge is 2.24. The summed E-state index contributed by atoms with van der Waals surface area (Å²) in [6.07, 6.45) is 2.53. The Labute approximate surface area is 186 Å². The van der Waals surface area contributed by atoms with Gasteiger partial charge >= 0.3 is 0 Å². The number of pyridine rings is 1. The molecule has 3 heterocycles. The normalized spacial score (nSPS) is 11.7. The first kappa shape index (κ1) is 23.0. The van der Waals surface area contributed by atoms with Crippen LogP contribution in [0.4, 0.5) is 11.7 Å². The highest BCUT2D eigenvalue weighted by Crippen LogP contribution is 2.29. The molecule has 5 N–H and O–H groups in total. The van der Waals surface area contributed by atoms with Crippen LogP contribution in [0.25, 0.3) is 11.4 Å². The SMILES string of the molecule is CCC(C)(C)c1cc(NC(=O)Cc2ccc(-c3nn(C(C)C)c(N)c3C(N)=O)nc2)on1. The van der Waals surface area contributed by atoms with Gasteiger partial charge in [-0.15, -0.1) is 0 Å². The average Bonchev–Trinajstić information content (AvgIpc) is 3.33. The van der Waals surface area contributed by atoms with E-state index in [1.807, 2.05) is 13.8 Å². The van der Waals surface area contributed by atoms with Crippen molar-refractivity contribution in [3.63, 3.8) is 0 Å². The average molecular weight is 440 g/mol. The van der Waals surface area contributed by atoms with E-state index in [0.717, 1.165) is 12.1 Å². The van der Waals surface area contributed by atoms with Crippen molar-refractivity contribution < 1.29 is 14.1 Å². The Morgan fingerprint density at radius 1 is 1.28 bits per heavy atom. The molecule has 3 rings (SSSR count). The second-order valence-electron chi connectivity index (χ2n) is 8.60. The second-order valence-corrected chi connectivity index (χ2v) is 8.60. The minimum atomic E-state index is -0.674. The van der Waals surface area contributed by atoms with Crippen LogP contribution < -0.4 is 16.8 Å². The largest absolute Gasteiger partial charge is 0.383 e. The van der Waals surface area contributed by atoms with Crippen molar-refractivity contribution >= 4 is 23.5 Å². The predicted molar refractivity (Wildman–Crippen MR) is 121 cm³/mol. The summed E-state index contributed by atoms with van der Waals surface area (Å²) in [5, 5.41) is 11.2. The van der Waals surface area contributed by atoms with Gasteiger partial charge in [-0.3, -0.25) is 19.9 Å². The lowest BCUT2D eigenvalue weighted by Gasteiger charge is -2.18. The Bertz CT molecular complexity index is 1130. The molecule has 0 saturated carbocycles. The fraction of sp³-hybridized carbons (Fsp3) is 0.409. The van der Waals surface area contributed by atoms with Crippen LogP contribution >= 0.6 is 0 Å². The molecule has 0 aromatic carbocycles. The van der Waals surface area contributed by atoms with Gasteiger partial charge < -0.3 is 16.0 Å². The number of nitrogens with zero attached hydrogens (tertiary/aromatic N) is 4. The standard InChI is InChI=1S/C22H29N7O3/c1-6-22(4,5)15-10-17(32-28-15)26-16(30)9-13-7-8-14(25-11-13)19-18(21(24)31)20(23)29(27-19)12(2)3/h7-8,10-12H,6,9,23H2,1-5H3,(H2,24,31)(H,26,30). The topological polar surface area (TPSA) is 155 Å². The van der Waals surface area contributed by atoms with Crippen LogP contribution in [0.15, 0.2) is 28.9 Å². The van der Waals surface area contributed by atoms with Gasteiger partial charge in [-0.05, 0) is 31.9 Å². The maximum atomic E-state index is 12.4. The molecule has 170 valence electrons. The molecule has 2 amide bonds. The number of hydrogen-bond donors (Lipinski definition) is 3. The molecule has 0 bridgehead atoms. The van der Waals surface area contributed by atoms with E-state index in [1.165, 1.54) is 4.68 Å². The molecule has 0 unspecified atom stereocenters. The van der Waals surface area contributed by atoms with Crippen LogP contribution in [0, 0.1) is 0 Å². The lowest BCUT2D eigenvalue weighted by atomic mass is 9.87. The number of carbonyl (C=O) groups excluding carboxylic acids is 2. The molecule has 0 saturated heterocycles. The van der Waals surface area contributed by atoms with Crippen molar-refractivity contribution in [2.45, 2.75) is 58.9 Å². The molecular weight excluding hydrogens is 410 g/mol. The zero-order valence-electron chi connectivity index (χ0n) is 19.0. The third-order valence-electron chi connectivity index (χ3n) is 5.47. The quantitative estimate of drug-likeness (QED) is 0.487. The number of primary amides is 1. The molecule has 0 aliphatic carbocycles. The summed E-state index contributed by atoms with van der Waals surface area (Å²) in [7, 11) is 0. The molecule has 0 atom stereocenters. The third kappa shape index (κ3) is 4.63. The van der Waals surface area contributed by atoms with Crippen LogP contribution in [-0.4, -0.2) is 31.7 Å². The van der Waals surface area contributed by atoms with Gasteiger partial charge in [-0.1, -0.05) is 32.0 Å². The second kappa shape index (κ2) is 8.81. The molecule has 3 aromatic rings. The zero-order chi connectivity index (χ0) is 23.6. The Balaban J connectivity index is 1.74. The predicted octanol–water partition coefficient (Wildman–Crippen LogP) is 3.06. The van der Waals surface area contributed by atoms with Crippen molar-refractivity contribution in [3.8, 4) is 11.4 Å². The van der Waals surface area contributed by atoms with Crippen molar-refractivity contribution in [2.24, 2.45) is 5.73 Å². The summed E-state index contributed by atoms with van der Waals surface area (Å²) in [5.74, 6) is -0.433. The van der Waals surface area contributed by atoms with Gasteiger partial charge in [0, 0.05) is 23.7 Å². The number of carbonyl (C=O) groups is 2. The van der Waals surface area contributed by atoms with E-state index in [0.29, 0.717) is 22.8 Å². The third-order valence-corrected chi connectivity index (χ3v) is 5.47. The first-order valence-electron chi connectivity index (χ1n) is 10.4. The Morgan fingerprint density at radius 3 is 2.56 bits per heavy atom. The summed E-state index contributed by atoms with van der Waals surface area (Å²) in [6, 6.07) is 5.11. The van der Waals surface area contributed by atoms with E-state index in [2.05, 4.69) is 41.3 Å². The molecular formula is C22H29N7O3. The fourth-order valence-electron chi connectivity index (χ4n) is 3.13. The smallest absolute Gasteiger partial charge is 0.254 e. The van der Waals surface area contributed by atoms with Crippen LogP contribution in [0.3, 0.4) is 0 Å².